The predicted molar refractivity (Wildman–Crippen MR) is 74.6 cm³/mol. The van der Waals surface area contributed by atoms with Crippen LogP contribution in [0.25, 0.3) is 11.0 Å². The van der Waals surface area contributed by atoms with E-state index in [1.807, 2.05) is 12.3 Å². The number of aryl methyl sites for hydroxylation is 3. The number of hydrogen-bond acceptors (Lipinski definition) is 4. The first kappa shape index (κ1) is 13.0. The van der Waals surface area contributed by atoms with Gasteiger partial charge < -0.3 is 10.3 Å². The molecule has 0 aliphatic heterocycles. The van der Waals surface area contributed by atoms with Crippen LogP contribution in [0.1, 0.15) is 10.7 Å². The largest absolute Gasteiger partial charge is 0.369 e. The lowest BCUT2D eigenvalue weighted by atomic mass is 10.3. The second-order valence-electron chi connectivity index (χ2n) is 4.51. The zero-order valence-corrected chi connectivity index (χ0v) is 11.5. The highest BCUT2D eigenvalue weighted by Crippen LogP contribution is 2.23. The van der Waals surface area contributed by atoms with Gasteiger partial charge in [-0.15, -0.1) is 11.3 Å². The quantitative estimate of drug-likeness (QED) is 0.808. The maximum Gasteiger partial charge on any atom is 0.201 e. The molecule has 0 fully saturated rings. The minimum atomic E-state index is -0.699. The molecular weight excluding hydrogens is 282 g/mol. The van der Waals surface area contributed by atoms with E-state index in [0.29, 0.717) is 18.5 Å². The summed E-state index contributed by atoms with van der Waals surface area (Å²) in [5.74, 6) is -1.16. The van der Waals surface area contributed by atoms with E-state index in [1.54, 1.807) is 15.9 Å². The van der Waals surface area contributed by atoms with Crippen LogP contribution >= 0.6 is 11.3 Å². The molecule has 3 rings (SSSR count). The SMILES string of the molecule is Cc1csc(CCn2c(N)nc3c(F)cc(F)cc32)n1. The number of rotatable bonds is 3. The fraction of sp³-hybridized carbons (Fsp3) is 0.231. The summed E-state index contributed by atoms with van der Waals surface area (Å²) in [5.41, 5.74) is 7.22. The van der Waals surface area contributed by atoms with Crippen LogP contribution < -0.4 is 5.73 Å². The fourth-order valence-corrected chi connectivity index (χ4v) is 2.89. The van der Waals surface area contributed by atoms with Crippen LogP contribution in [-0.4, -0.2) is 14.5 Å². The van der Waals surface area contributed by atoms with Crippen molar-refractivity contribution in [2.45, 2.75) is 19.9 Å². The monoisotopic (exact) mass is 294 g/mol. The molecule has 1 aromatic carbocycles. The van der Waals surface area contributed by atoms with Crippen LogP contribution in [0.15, 0.2) is 17.5 Å². The summed E-state index contributed by atoms with van der Waals surface area (Å²) in [5, 5.41) is 2.92. The van der Waals surface area contributed by atoms with Crippen molar-refractivity contribution in [3.8, 4) is 0 Å². The Morgan fingerprint density at radius 3 is 2.80 bits per heavy atom. The maximum absolute atomic E-state index is 13.6. The van der Waals surface area contributed by atoms with Crippen LogP contribution in [0.2, 0.25) is 0 Å². The van der Waals surface area contributed by atoms with Gasteiger partial charge in [0.15, 0.2) is 5.82 Å². The van der Waals surface area contributed by atoms with Gasteiger partial charge in [0.2, 0.25) is 5.95 Å². The lowest BCUT2D eigenvalue weighted by Gasteiger charge is -2.05. The minimum Gasteiger partial charge on any atom is -0.369 e. The summed E-state index contributed by atoms with van der Waals surface area (Å²) < 4.78 is 28.6. The molecule has 0 radical (unpaired) electrons. The number of aromatic nitrogens is 3. The second-order valence-corrected chi connectivity index (χ2v) is 5.45. The van der Waals surface area contributed by atoms with Crippen LogP contribution in [0, 0.1) is 18.6 Å². The van der Waals surface area contributed by atoms with E-state index in [-0.39, 0.29) is 11.5 Å². The Labute approximate surface area is 117 Å². The molecule has 0 saturated carbocycles. The van der Waals surface area contributed by atoms with Crippen molar-refractivity contribution in [1.29, 1.82) is 0 Å². The number of anilines is 1. The van der Waals surface area contributed by atoms with E-state index in [2.05, 4.69) is 9.97 Å². The van der Waals surface area contributed by atoms with E-state index in [4.69, 9.17) is 5.73 Å². The van der Waals surface area contributed by atoms with Gasteiger partial charge in [-0.1, -0.05) is 0 Å². The molecule has 0 spiro atoms. The van der Waals surface area contributed by atoms with Crippen LogP contribution in [0.5, 0.6) is 0 Å². The Hall–Kier alpha value is -2.02. The third-order valence-electron chi connectivity index (χ3n) is 3.02. The Balaban J connectivity index is 1.96. The van der Waals surface area contributed by atoms with Gasteiger partial charge in [0.05, 0.1) is 10.5 Å². The van der Waals surface area contributed by atoms with Crippen molar-refractivity contribution in [3.63, 3.8) is 0 Å². The molecule has 104 valence electrons. The third kappa shape index (κ3) is 2.24. The Bertz CT molecular complexity index is 778. The molecule has 2 N–H and O–H groups in total. The van der Waals surface area contributed by atoms with E-state index in [1.165, 1.54) is 6.07 Å². The van der Waals surface area contributed by atoms with Crippen molar-refractivity contribution in [2.24, 2.45) is 0 Å². The van der Waals surface area contributed by atoms with Gasteiger partial charge in [0.1, 0.15) is 11.3 Å². The van der Waals surface area contributed by atoms with Gasteiger partial charge in [-0.3, -0.25) is 0 Å². The molecule has 0 amide bonds. The number of imidazole rings is 1. The topological polar surface area (TPSA) is 56.7 Å². The van der Waals surface area contributed by atoms with E-state index < -0.39 is 11.6 Å². The summed E-state index contributed by atoms with van der Waals surface area (Å²) in [6.07, 6.45) is 0.645. The van der Waals surface area contributed by atoms with Crippen LogP contribution in [0.4, 0.5) is 14.7 Å². The van der Waals surface area contributed by atoms with Gasteiger partial charge in [0.25, 0.3) is 0 Å². The number of halogens is 2. The van der Waals surface area contributed by atoms with Crippen LogP contribution in [0.3, 0.4) is 0 Å². The zero-order chi connectivity index (χ0) is 14.3. The van der Waals surface area contributed by atoms with Crippen LogP contribution in [-0.2, 0) is 13.0 Å². The highest BCUT2D eigenvalue weighted by Gasteiger charge is 2.14. The van der Waals surface area contributed by atoms with Crippen molar-refractivity contribution in [2.75, 3.05) is 5.73 Å². The Morgan fingerprint density at radius 2 is 2.10 bits per heavy atom. The first-order valence-electron chi connectivity index (χ1n) is 6.06. The van der Waals surface area contributed by atoms with Crippen molar-refractivity contribution < 1.29 is 8.78 Å². The fourth-order valence-electron chi connectivity index (χ4n) is 2.13. The highest BCUT2D eigenvalue weighted by molar-refractivity contribution is 7.09. The first-order valence-corrected chi connectivity index (χ1v) is 6.94. The number of fused-ring (bicyclic) bond motifs is 1. The highest BCUT2D eigenvalue weighted by atomic mass is 32.1. The smallest absolute Gasteiger partial charge is 0.201 e. The molecule has 20 heavy (non-hydrogen) atoms. The molecular formula is C13H12F2N4S. The van der Waals surface area contributed by atoms with Gasteiger partial charge in [-0.25, -0.2) is 18.7 Å². The summed E-state index contributed by atoms with van der Waals surface area (Å²) in [7, 11) is 0. The minimum absolute atomic E-state index is 0.0965. The molecule has 0 bridgehead atoms. The van der Waals surface area contributed by atoms with Gasteiger partial charge in [0, 0.05) is 36.2 Å². The normalized spacial score (nSPS) is 11.3. The second kappa shape index (κ2) is 4.82. The molecule has 0 unspecified atom stereocenters. The summed E-state index contributed by atoms with van der Waals surface area (Å²) in [6, 6.07) is 2.05. The number of benzene rings is 1. The molecule has 4 nitrogen and oxygen atoms in total. The predicted octanol–water partition coefficient (Wildman–Crippen LogP) is 2.90. The summed E-state index contributed by atoms with van der Waals surface area (Å²) in [6.45, 7) is 2.41. The number of nitrogen functional groups attached to an aromatic ring is 1. The molecule has 0 atom stereocenters. The molecule has 0 aliphatic carbocycles. The zero-order valence-electron chi connectivity index (χ0n) is 10.7. The maximum atomic E-state index is 13.6. The molecule has 3 aromatic rings. The number of thiazole rings is 1. The molecule has 0 aliphatic rings. The first-order chi connectivity index (χ1) is 9.54. The lowest BCUT2D eigenvalue weighted by Crippen LogP contribution is -2.05. The standard InChI is InChI=1S/C13H12F2N4S/c1-7-6-20-11(17-7)2-3-19-10-5-8(14)4-9(15)12(10)18-13(19)16/h4-6H,2-3H2,1H3,(H2,16,18). The average Bonchev–Trinajstić information content (AvgIpc) is 2.91. The van der Waals surface area contributed by atoms with Gasteiger partial charge in [-0.05, 0) is 6.92 Å². The number of nitrogens with two attached hydrogens (primary N) is 1. The number of nitrogens with zero attached hydrogens (tertiary/aromatic N) is 3. The average molecular weight is 294 g/mol. The molecule has 7 heteroatoms. The van der Waals surface area contributed by atoms with Crippen molar-refractivity contribution in [1.82, 2.24) is 14.5 Å². The molecule has 0 saturated heterocycles. The van der Waals surface area contributed by atoms with E-state index >= 15 is 0 Å². The Kier molecular flexibility index (Phi) is 3.13. The van der Waals surface area contributed by atoms with Gasteiger partial charge >= 0.3 is 0 Å². The Morgan fingerprint density at radius 1 is 1.30 bits per heavy atom. The molecule has 2 aromatic heterocycles. The molecule has 2 heterocycles. The lowest BCUT2D eigenvalue weighted by molar-refractivity contribution is 0.589. The van der Waals surface area contributed by atoms with Crippen molar-refractivity contribution in [3.05, 3.63) is 39.8 Å². The van der Waals surface area contributed by atoms with Gasteiger partial charge in [-0.2, -0.15) is 0 Å². The van der Waals surface area contributed by atoms with Crippen molar-refractivity contribution >= 4 is 28.3 Å². The summed E-state index contributed by atoms with van der Waals surface area (Å²) in [4.78, 5) is 8.30. The summed E-state index contributed by atoms with van der Waals surface area (Å²) >= 11 is 1.56. The van der Waals surface area contributed by atoms with E-state index in [9.17, 15) is 8.78 Å². The number of hydrogen-bond donors (Lipinski definition) is 1. The van der Waals surface area contributed by atoms with E-state index in [0.717, 1.165) is 16.8 Å². The third-order valence-corrected chi connectivity index (χ3v) is 4.04.